The van der Waals surface area contributed by atoms with Crippen LogP contribution >= 0.6 is 0 Å². The SMILES string of the molecule is O=C(Nc1ncnc(NC(=O)c2ccccc2)n1)c1ccccc1. The molecule has 2 N–H and O–H groups in total. The Kier molecular flexibility index (Phi) is 4.52. The normalized spacial score (nSPS) is 10.0. The van der Waals surface area contributed by atoms with Crippen molar-refractivity contribution in [2.75, 3.05) is 10.6 Å². The number of rotatable bonds is 4. The maximum Gasteiger partial charge on any atom is 0.258 e. The molecule has 0 atom stereocenters. The first-order chi connectivity index (χ1) is 11.7. The van der Waals surface area contributed by atoms with Crippen molar-refractivity contribution < 1.29 is 9.59 Å². The van der Waals surface area contributed by atoms with E-state index in [-0.39, 0.29) is 23.7 Å². The van der Waals surface area contributed by atoms with Gasteiger partial charge in [-0.25, -0.2) is 9.97 Å². The monoisotopic (exact) mass is 319 g/mol. The third kappa shape index (κ3) is 3.77. The van der Waals surface area contributed by atoms with Gasteiger partial charge in [0.25, 0.3) is 11.8 Å². The first-order valence-corrected chi connectivity index (χ1v) is 7.14. The van der Waals surface area contributed by atoms with E-state index >= 15 is 0 Å². The molecule has 1 aromatic heterocycles. The molecule has 0 unspecified atom stereocenters. The van der Waals surface area contributed by atoms with Crippen LogP contribution in [0.3, 0.4) is 0 Å². The topological polar surface area (TPSA) is 96.9 Å². The van der Waals surface area contributed by atoms with E-state index in [0.29, 0.717) is 11.1 Å². The minimum atomic E-state index is -0.345. The lowest BCUT2D eigenvalue weighted by Gasteiger charge is -2.06. The Morgan fingerprint density at radius 3 is 1.50 bits per heavy atom. The largest absolute Gasteiger partial charge is 0.290 e. The maximum absolute atomic E-state index is 12.1. The van der Waals surface area contributed by atoms with Crippen molar-refractivity contribution in [2.45, 2.75) is 0 Å². The molecule has 0 aliphatic rings. The van der Waals surface area contributed by atoms with Crippen molar-refractivity contribution in [3.8, 4) is 0 Å². The van der Waals surface area contributed by atoms with Gasteiger partial charge in [0.2, 0.25) is 11.9 Å². The van der Waals surface area contributed by atoms with Gasteiger partial charge >= 0.3 is 0 Å². The van der Waals surface area contributed by atoms with Crippen molar-refractivity contribution in [1.82, 2.24) is 15.0 Å². The van der Waals surface area contributed by atoms with Crippen molar-refractivity contribution in [3.63, 3.8) is 0 Å². The Balaban J connectivity index is 1.70. The van der Waals surface area contributed by atoms with E-state index in [1.165, 1.54) is 6.33 Å². The number of hydrogen-bond acceptors (Lipinski definition) is 5. The van der Waals surface area contributed by atoms with E-state index in [4.69, 9.17) is 0 Å². The fourth-order valence-electron chi connectivity index (χ4n) is 1.94. The maximum atomic E-state index is 12.1. The number of carbonyl (C=O) groups excluding carboxylic acids is 2. The van der Waals surface area contributed by atoms with Gasteiger partial charge in [-0.3, -0.25) is 20.2 Å². The van der Waals surface area contributed by atoms with Gasteiger partial charge in [0.1, 0.15) is 6.33 Å². The summed E-state index contributed by atoms with van der Waals surface area (Å²) in [5.74, 6) is -0.575. The summed E-state index contributed by atoms with van der Waals surface area (Å²) in [5, 5.41) is 5.12. The molecule has 24 heavy (non-hydrogen) atoms. The first kappa shape index (κ1) is 15.3. The summed E-state index contributed by atoms with van der Waals surface area (Å²) in [4.78, 5) is 35.9. The van der Waals surface area contributed by atoms with Crippen molar-refractivity contribution in [1.29, 1.82) is 0 Å². The van der Waals surface area contributed by atoms with Crippen LogP contribution in [0.25, 0.3) is 0 Å². The molecule has 0 fully saturated rings. The number of hydrogen-bond donors (Lipinski definition) is 2. The van der Waals surface area contributed by atoms with Crippen LogP contribution in [0.4, 0.5) is 11.9 Å². The summed E-state index contributed by atoms with van der Waals surface area (Å²) < 4.78 is 0. The molecule has 1 heterocycles. The van der Waals surface area contributed by atoms with Crippen LogP contribution in [0.1, 0.15) is 20.7 Å². The Morgan fingerprint density at radius 2 is 1.08 bits per heavy atom. The lowest BCUT2D eigenvalue weighted by Crippen LogP contribution is -2.17. The lowest BCUT2D eigenvalue weighted by atomic mass is 10.2. The van der Waals surface area contributed by atoms with Gasteiger partial charge in [-0.05, 0) is 24.3 Å². The first-order valence-electron chi connectivity index (χ1n) is 7.14. The third-order valence-corrected chi connectivity index (χ3v) is 3.09. The van der Waals surface area contributed by atoms with Crippen LogP contribution < -0.4 is 10.6 Å². The van der Waals surface area contributed by atoms with E-state index in [0.717, 1.165) is 0 Å². The van der Waals surface area contributed by atoms with Gasteiger partial charge in [-0.15, -0.1) is 0 Å². The molecular formula is C17H13N5O2. The van der Waals surface area contributed by atoms with Crippen LogP contribution in [0.2, 0.25) is 0 Å². The second-order valence-electron chi connectivity index (χ2n) is 4.77. The number of carbonyl (C=O) groups is 2. The fourth-order valence-corrected chi connectivity index (χ4v) is 1.94. The molecule has 7 nitrogen and oxygen atoms in total. The number of benzene rings is 2. The number of nitrogens with zero attached hydrogens (tertiary/aromatic N) is 3. The Hall–Kier alpha value is -3.61. The van der Waals surface area contributed by atoms with Gasteiger partial charge in [-0.2, -0.15) is 4.98 Å². The molecule has 0 radical (unpaired) electrons. The number of anilines is 2. The fraction of sp³-hybridized carbons (Fsp3) is 0. The smallest absolute Gasteiger partial charge is 0.258 e. The molecule has 118 valence electrons. The number of aromatic nitrogens is 3. The molecule has 0 saturated carbocycles. The zero-order chi connectivity index (χ0) is 16.8. The minimum absolute atomic E-state index is 0.0576. The second-order valence-corrected chi connectivity index (χ2v) is 4.77. The lowest BCUT2D eigenvalue weighted by molar-refractivity contribution is 0.101. The van der Waals surface area contributed by atoms with Crippen LogP contribution in [-0.4, -0.2) is 26.8 Å². The average molecular weight is 319 g/mol. The van der Waals surface area contributed by atoms with Gasteiger partial charge < -0.3 is 0 Å². The van der Waals surface area contributed by atoms with E-state index < -0.39 is 0 Å². The average Bonchev–Trinajstić information content (AvgIpc) is 2.63. The molecular weight excluding hydrogens is 306 g/mol. The van der Waals surface area contributed by atoms with Crippen molar-refractivity contribution >= 4 is 23.7 Å². The Labute approximate surface area is 137 Å². The highest BCUT2D eigenvalue weighted by Gasteiger charge is 2.10. The zero-order valence-electron chi connectivity index (χ0n) is 12.5. The molecule has 2 aromatic carbocycles. The van der Waals surface area contributed by atoms with E-state index in [1.54, 1.807) is 48.5 Å². The number of amides is 2. The van der Waals surface area contributed by atoms with Crippen LogP contribution in [0.5, 0.6) is 0 Å². The second kappa shape index (κ2) is 7.10. The summed E-state index contributed by atoms with van der Waals surface area (Å²) >= 11 is 0. The van der Waals surface area contributed by atoms with E-state index in [1.807, 2.05) is 12.1 Å². The highest BCUT2D eigenvalue weighted by atomic mass is 16.2. The molecule has 2 amide bonds. The molecule has 0 aliphatic heterocycles. The van der Waals surface area contributed by atoms with Gasteiger partial charge in [-0.1, -0.05) is 36.4 Å². The summed E-state index contributed by atoms with van der Waals surface area (Å²) in [6.45, 7) is 0. The molecule has 0 saturated heterocycles. The summed E-state index contributed by atoms with van der Waals surface area (Å²) in [6.07, 6.45) is 1.22. The molecule has 3 aromatic rings. The Morgan fingerprint density at radius 1 is 0.667 bits per heavy atom. The highest BCUT2D eigenvalue weighted by molar-refractivity contribution is 6.04. The third-order valence-electron chi connectivity index (χ3n) is 3.09. The summed E-state index contributed by atoms with van der Waals surface area (Å²) in [6, 6.07) is 17.4. The van der Waals surface area contributed by atoms with Gasteiger partial charge in [0.05, 0.1) is 0 Å². The van der Waals surface area contributed by atoms with E-state index in [2.05, 4.69) is 25.6 Å². The standard InChI is InChI=1S/C17H13N5O2/c23-14(12-7-3-1-4-8-12)20-16-18-11-19-17(22-16)21-15(24)13-9-5-2-6-10-13/h1-11H,(H2,18,19,20,21,22,23,24). The van der Waals surface area contributed by atoms with Crippen molar-refractivity contribution in [3.05, 3.63) is 78.1 Å². The molecule has 0 spiro atoms. The summed E-state index contributed by atoms with van der Waals surface area (Å²) in [7, 11) is 0. The number of nitrogens with one attached hydrogen (secondary N) is 2. The zero-order valence-corrected chi connectivity index (χ0v) is 12.5. The molecule has 0 bridgehead atoms. The summed E-state index contributed by atoms with van der Waals surface area (Å²) in [5.41, 5.74) is 0.959. The minimum Gasteiger partial charge on any atom is -0.290 e. The van der Waals surface area contributed by atoms with Crippen LogP contribution in [-0.2, 0) is 0 Å². The molecule has 3 rings (SSSR count). The van der Waals surface area contributed by atoms with E-state index in [9.17, 15) is 9.59 Å². The van der Waals surface area contributed by atoms with Gasteiger partial charge in [0.15, 0.2) is 0 Å². The Bertz CT molecular complexity index is 784. The molecule has 7 heteroatoms. The van der Waals surface area contributed by atoms with Gasteiger partial charge in [0, 0.05) is 11.1 Å². The predicted molar refractivity (Wildman–Crippen MR) is 88.6 cm³/mol. The molecule has 0 aliphatic carbocycles. The van der Waals surface area contributed by atoms with Crippen LogP contribution in [0.15, 0.2) is 67.0 Å². The van der Waals surface area contributed by atoms with Crippen LogP contribution in [0, 0.1) is 0 Å². The highest BCUT2D eigenvalue weighted by Crippen LogP contribution is 2.07. The van der Waals surface area contributed by atoms with Crippen molar-refractivity contribution in [2.24, 2.45) is 0 Å². The quantitative estimate of drug-likeness (QED) is 0.769. The predicted octanol–water partition coefficient (Wildman–Crippen LogP) is 2.38.